The van der Waals surface area contributed by atoms with E-state index in [1.165, 1.54) is 13.2 Å². The maximum atomic E-state index is 14.2. The van der Waals surface area contributed by atoms with E-state index in [0.29, 0.717) is 5.56 Å². The molecule has 5 heteroatoms. The van der Waals surface area contributed by atoms with Crippen LogP contribution < -0.4 is 0 Å². The minimum Gasteiger partial charge on any atom is -0.504 e. The summed E-state index contributed by atoms with van der Waals surface area (Å²) in [5, 5.41) is 19.3. The number of methoxy groups -OCH3 is 1. The fraction of sp³-hybridized carbons (Fsp3) is 0.214. The van der Waals surface area contributed by atoms with Gasteiger partial charge < -0.3 is 19.7 Å². The number of aldehydes is 1. The van der Waals surface area contributed by atoms with Crippen LogP contribution in [-0.2, 0) is 9.53 Å². The quantitative estimate of drug-likeness (QED) is 0.819. The van der Waals surface area contributed by atoms with Gasteiger partial charge in [0.05, 0.1) is 7.11 Å². The maximum Gasteiger partial charge on any atom is 0.282 e. The summed E-state index contributed by atoms with van der Waals surface area (Å²) in [6.45, 7) is 0. The Hall–Kier alpha value is -2.14. The second-order valence-corrected chi connectivity index (χ2v) is 4.17. The molecule has 2 N–H and O–H groups in total. The van der Waals surface area contributed by atoms with Crippen LogP contribution in [0.25, 0.3) is 5.57 Å². The van der Waals surface area contributed by atoms with Gasteiger partial charge in [0.25, 0.3) is 5.85 Å². The summed E-state index contributed by atoms with van der Waals surface area (Å²) in [4.78, 5) is 11.1. The van der Waals surface area contributed by atoms with Gasteiger partial charge in [0.2, 0.25) is 5.76 Å². The Morgan fingerprint density at radius 2 is 2.00 bits per heavy atom. The first kappa shape index (κ1) is 13.3. The molecule has 0 fully saturated rings. The number of rotatable bonds is 3. The van der Waals surface area contributed by atoms with Crippen molar-refractivity contribution in [1.29, 1.82) is 0 Å². The summed E-state index contributed by atoms with van der Waals surface area (Å²) in [5.41, 5.74) is 0.813. The number of carbonyl (C=O) groups is 1. The smallest absolute Gasteiger partial charge is 0.282 e. The van der Waals surface area contributed by atoms with E-state index in [1.807, 2.05) is 0 Å². The van der Waals surface area contributed by atoms with Gasteiger partial charge in [-0.25, -0.2) is 4.39 Å². The Bertz CT molecular complexity index is 546. The third kappa shape index (κ3) is 2.13. The molecule has 1 aliphatic carbocycles. The first-order chi connectivity index (χ1) is 9.02. The van der Waals surface area contributed by atoms with Gasteiger partial charge in [0.1, 0.15) is 12.2 Å². The van der Waals surface area contributed by atoms with Crippen molar-refractivity contribution in [3.8, 4) is 0 Å². The molecule has 2 unspecified atom stereocenters. The van der Waals surface area contributed by atoms with Gasteiger partial charge in [-0.3, -0.25) is 0 Å². The lowest BCUT2D eigenvalue weighted by atomic mass is 9.82. The summed E-state index contributed by atoms with van der Waals surface area (Å²) < 4.78 is 19.0. The van der Waals surface area contributed by atoms with Gasteiger partial charge in [0.15, 0.2) is 5.76 Å². The van der Waals surface area contributed by atoms with Gasteiger partial charge in [-0.15, -0.1) is 0 Å². The number of halogens is 1. The summed E-state index contributed by atoms with van der Waals surface area (Å²) in [6.07, 6.45) is 1.61. The van der Waals surface area contributed by atoms with Crippen LogP contribution >= 0.6 is 0 Å². The Balaban J connectivity index is 2.61. The van der Waals surface area contributed by atoms with E-state index in [4.69, 9.17) is 4.74 Å². The van der Waals surface area contributed by atoms with Crippen molar-refractivity contribution in [2.45, 2.75) is 5.85 Å². The van der Waals surface area contributed by atoms with Crippen LogP contribution in [0.5, 0.6) is 0 Å². The fourth-order valence-corrected chi connectivity index (χ4v) is 2.04. The van der Waals surface area contributed by atoms with Crippen LogP contribution in [0.4, 0.5) is 4.39 Å². The number of ether oxygens (including phenoxy) is 1. The van der Waals surface area contributed by atoms with E-state index >= 15 is 0 Å². The number of hydrogen-bond acceptors (Lipinski definition) is 4. The second-order valence-electron chi connectivity index (χ2n) is 4.17. The van der Waals surface area contributed by atoms with Crippen molar-refractivity contribution >= 4 is 11.9 Å². The Kier molecular flexibility index (Phi) is 3.40. The molecule has 0 radical (unpaired) electrons. The molecule has 0 amide bonds. The topological polar surface area (TPSA) is 66.8 Å². The standard InChI is InChI=1S/C14H13FO4/c1-19-12-7-10(9-5-3-2-4-6-9)11(8-16)14(15,18)13(12)17/h2-8,11,17-18H,1H3. The lowest BCUT2D eigenvalue weighted by Gasteiger charge is -2.31. The number of benzene rings is 1. The molecule has 4 nitrogen and oxygen atoms in total. The minimum atomic E-state index is -3.17. The zero-order valence-electron chi connectivity index (χ0n) is 10.2. The average Bonchev–Trinajstić information content (AvgIpc) is 2.42. The van der Waals surface area contributed by atoms with Crippen LogP contribution in [-0.4, -0.2) is 29.5 Å². The molecule has 0 aromatic heterocycles. The molecule has 19 heavy (non-hydrogen) atoms. The highest BCUT2D eigenvalue weighted by atomic mass is 19.2. The molecular weight excluding hydrogens is 251 g/mol. The maximum absolute atomic E-state index is 14.2. The fourth-order valence-electron chi connectivity index (χ4n) is 2.04. The van der Waals surface area contributed by atoms with Crippen LogP contribution in [0, 0.1) is 5.92 Å². The number of aliphatic hydroxyl groups is 2. The second kappa shape index (κ2) is 4.85. The molecule has 2 rings (SSSR count). The Morgan fingerprint density at radius 1 is 1.37 bits per heavy atom. The molecule has 0 aliphatic heterocycles. The number of alkyl halides is 1. The lowest BCUT2D eigenvalue weighted by molar-refractivity contribution is -0.137. The highest BCUT2D eigenvalue weighted by Gasteiger charge is 2.48. The molecule has 2 atom stereocenters. The first-order valence-corrected chi connectivity index (χ1v) is 5.63. The summed E-state index contributed by atoms with van der Waals surface area (Å²) >= 11 is 0. The molecule has 0 bridgehead atoms. The predicted octanol–water partition coefficient (Wildman–Crippen LogP) is 1.97. The molecule has 0 saturated carbocycles. The normalized spacial score (nSPS) is 26.9. The zero-order chi connectivity index (χ0) is 14.0. The van der Waals surface area contributed by atoms with E-state index in [0.717, 1.165) is 0 Å². The van der Waals surface area contributed by atoms with E-state index in [1.54, 1.807) is 30.3 Å². The third-order valence-corrected chi connectivity index (χ3v) is 3.06. The summed E-state index contributed by atoms with van der Waals surface area (Å²) in [6, 6.07) is 8.57. The SMILES string of the molecule is COC1=C(O)C(O)(F)C(C=O)C(c2ccccc2)=C1. The number of hydrogen-bond donors (Lipinski definition) is 2. The van der Waals surface area contributed by atoms with Crippen molar-refractivity contribution in [3.63, 3.8) is 0 Å². The van der Waals surface area contributed by atoms with Gasteiger partial charge >= 0.3 is 0 Å². The van der Waals surface area contributed by atoms with Gasteiger partial charge in [-0.05, 0) is 17.2 Å². The van der Waals surface area contributed by atoms with E-state index in [9.17, 15) is 19.4 Å². The summed E-state index contributed by atoms with van der Waals surface area (Å²) in [5.74, 6) is -5.88. The molecule has 1 aromatic rings. The van der Waals surface area contributed by atoms with Crippen LogP contribution in [0.3, 0.4) is 0 Å². The van der Waals surface area contributed by atoms with Crippen molar-refractivity contribution < 1.29 is 24.1 Å². The summed E-state index contributed by atoms with van der Waals surface area (Å²) in [7, 11) is 1.24. The number of carbonyl (C=O) groups excluding carboxylic acids is 1. The molecule has 0 heterocycles. The first-order valence-electron chi connectivity index (χ1n) is 5.63. The van der Waals surface area contributed by atoms with Crippen LogP contribution in [0.15, 0.2) is 47.9 Å². The number of aliphatic hydroxyl groups excluding tert-OH is 1. The molecular formula is C14H13FO4. The third-order valence-electron chi connectivity index (χ3n) is 3.06. The van der Waals surface area contributed by atoms with E-state index in [-0.39, 0.29) is 17.6 Å². The van der Waals surface area contributed by atoms with Crippen molar-refractivity contribution in [2.75, 3.05) is 7.11 Å². The van der Waals surface area contributed by atoms with Gasteiger partial charge in [0, 0.05) is 0 Å². The molecule has 1 aromatic carbocycles. The van der Waals surface area contributed by atoms with Crippen molar-refractivity contribution in [3.05, 3.63) is 53.5 Å². The van der Waals surface area contributed by atoms with Gasteiger partial charge in [-0.1, -0.05) is 30.3 Å². The van der Waals surface area contributed by atoms with Crippen molar-refractivity contribution in [2.24, 2.45) is 5.92 Å². The average molecular weight is 264 g/mol. The largest absolute Gasteiger partial charge is 0.504 e. The molecule has 0 saturated heterocycles. The highest BCUT2D eigenvalue weighted by Crippen LogP contribution is 2.41. The van der Waals surface area contributed by atoms with E-state index < -0.39 is 17.5 Å². The highest BCUT2D eigenvalue weighted by molar-refractivity contribution is 5.85. The van der Waals surface area contributed by atoms with Crippen molar-refractivity contribution in [1.82, 2.24) is 0 Å². The molecule has 0 spiro atoms. The lowest BCUT2D eigenvalue weighted by Crippen LogP contribution is -2.40. The predicted molar refractivity (Wildman–Crippen MR) is 66.7 cm³/mol. The molecule has 1 aliphatic rings. The molecule has 100 valence electrons. The van der Waals surface area contributed by atoms with Crippen LogP contribution in [0.2, 0.25) is 0 Å². The van der Waals surface area contributed by atoms with E-state index in [2.05, 4.69) is 0 Å². The zero-order valence-corrected chi connectivity index (χ0v) is 10.2. The Labute approximate surface area is 109 Å². The Morgan fingerprint density at radius 3 is 2.53 bits per heavy atom. The minimum absolute atomic E-state index is 0.207. The van der Waals surface area contributed by atoms with Gasteiger partial charge in [-0.2, -0.15) is 0 Å². The number of allylic oxidation sites excluding steroid dienone is 1. The monoisotopic (exact) mass is 264 g/mol. The van der Waals surface area contributed by atoms with Crippen LogP contribution in [0.1, 0.15) is 5.56 Å².